The molecule has 1 saturated heterocycles. The van der Waals surface area contributed by atoms with Crippen molar-refractivity contribution in [2.24, 2.45) is 17.6 Å². The van der Waals surface area contributed by atoms with Crippen LogP contribution in [0.15, 0.2) is 48.5 Å². The van der Waals surface area contributed by atoms with Crippen molar-refractivity contribution in [3.8, 4) is 11.5 Å². The van der Waals surface area contributed by atoms with E-state index >= 15 is 0 Å². The summed E-state index contributed by atoms with van der Waals surface area (Å²) in [6, 6.07) is 13.8. The minimum absolute atomic E-state index is 0.0132. The molecular weight excluding hydrogens is 318 g/mol. The molecule has 2 amide bonds. The second kappa shape index (κ2) is 7.36. The zero-order chi connectivity index (χ0) is 17.8. The minimum Gasteiger partial charge on any atom is -0.457 e. The number of nitrogens with one attached hydrogen (secondary N) is 2. The van der Waals surface area contributed by atoms with E-state index in [1.54, 1.807) is 48.5 Å². The van der Waals surface area contributed by atoms with Crippen LogP contribution in [0.4, 0.5) is 5.69 Å². The summed E-state index contributed by atoms with van der Waals surface area (Å²) in [4.78, 5) is 23.6. The first kappa shape index (κ1) is 17.0. The summed E-state index contributed by atoms with van der Waals surface area (Å²) >= 11 is 0. The highest BCUT2D eigenvalue weighted by Gasteiger charge is 2.28. The molecule has 1 unspecified atom stereocenters. The fourth-order valence-electron chi connectivity index (χ4n) is 2.63. The van der Waals surface area contributed by atoms with Gasteiger partial charge in [-0.1, -0.05) is 19.1 Å². The Balaban J connectivity index is 1.64. The van der Waals surface area contributed by atoms with Gasteiger partial charge in [-0.2, -0.15) is 0 Å². The monoisotopic (exact) mass is 339 g/mol. The summed E-state index contributed by atoms with van der Waals surface area (Å²) < 4.78 is 5.72. The van der Waals surface area contributed by atoms with Crippen LogP contribution >= 0.6 is 0 Å². The zero-order valence-corrected chi connectivity index (χ0v) is 14.0. The summed E-state index contributed by atoms with van der Waals surface area (Å²) in [5, 5.41) is 6.09. The van der Waals surface area contributed by atoms with Gasteiger partial charge in [0, 0.05) is 11.6 Å². The van der Waals surface area contributed by atoms with Gasteiger partial charge in [0.25, 0.3) is 5.91 Å². The van der Waals surface area contributed by atoms with Crippen LogP contribution in [0, 0.1) is 11.8 Å². The highest BCUT2D eigenvalue weighted by molar-refractivity contribution is 5.95. The maximum Gasteiger partial charge on any atom is 0.252 e. The molecule has 0 aromatic heterocycles. The molecular formula is C19H21N3O3. The Morgan fingerprint density at radius 2 is 1.84 bits per heavy atom. The van der Waals surface area contributed by atoms with E-state index in [2.05, 4.69) is 10.6 Å². The van der Waals surface area contributed by atoms with E-state index in [4.69, 9.17) is 10.5 Å². The lowest BCUT2D eigenvalue weighted by atomic mass is 9.88. The van der Waals surface area contributed by atoms with Gasteiger partial charge in [0.2, 0.25) is 5.91 Å². The lowest BCUT2D eigenvalue weighted by Crippen LogP contribution is -2.48. The van der Waals surface area contributed by atoms with Crippen molar-refractivity contribution >= 4 is 17.5 Å². The van der Waals surface area contributed by atoms with E-state index in [0.29, 0.717) is 28.7 Å². The Hall–Kier alpha value is -2.86. The van der Waals surface area contributed by atoms with Gasteiger partial charge in [-0.15, -0.1) is 0 Å². The molecule has 6 heteroatoms. The molecule has 1 aliphatic rings. The highest BCUT2D eigenvalue weighted by atomic mass is 16.5. The van der Waals surface area contributed by atoms with Gasteiger partial charge in [0.1, 0.15) is 11.5 Å². The standard InChI is InChI=1S/C19H21N3O3/c1-12(13-10-21-11-13)19(24)22-14-6-8-15(9-7-14)25-17-5-3-2-4-16(17)18(20)23/h2-9,12-13,21H,10-11H2,1H3,(H2,20,23)(H,22,24). The predicted molar refractivity (Wildman–Crippen MR) is 95.6 cm³/mol. The summed E-state index contributed by atoms with van der Waals surface area (Å²) in [5.41, 5.74) is 6.38. The third-order valence-electron chi connectivity index (χ3n) is 4.44. The first-order chi connectivity index (χ1) is 12.0. The quantitative estimate of drug-likeness (QED) is 0.753. The number of nitrogens with two attached hydrogens (primary N) is 1. The summed E-state index contributed by atoms with van der Waals surface area (Å²) in [7, 11) is 0. The molecule has 2 aromatic carbocycles. The summed E-state index contributed by atoms with van der Waals surface area (Å²) in [5.74, 6) is 0.798. The maximum absolute atomic E-state index is 12.2. The fraction of sp³-hybridized carbons (Fsp3) is 0.263. The average Bonchev–Trinajstić information content (AvgIpc) is 2.55. The molecule has 0 radical (unpaired) electrons. The lowest BCUT2D eigenvalue weighted by Gasteiger charge is -2.31. The normalized spacial score (nSPS) is 15.1. The molecule has 1 fully saturated rings. The molecule has 0 saturated carbocycles. The molecule has 1 heterocycles. The van der Waals surface area contributed by atoms with Crippen molar-refractivity contribution in [3.05, 3.63) is 54.1 Å². The van der Waals surface area contributed by atoms with E-state index in [1.807, 2.05) is 6.92 Å². The molecule has 3 rings (SSSR count). The Morgan fingerprint density at radius 1 is 1.16 bits per heavy atom. The number of para-hydroxylation sites is 1. The Morgan fingerprint density at radius 3 is 2.44 bits per heavy atom. The Labute approximate surface area is 146 Å². The highest BCUT2D eigenvalue weighted by Crippen LogP contribution is 2.26. The van der Waals surface area contributed by atoms with Gasteiger partial charge in [0.05, 0.1) is 5.56 Å². The van der Waals surface area contributed by atoms with Crippen LogP contribution in [0.2, 0.25) is 0 Å². The lowest BCUT2D eigenvalue weighted by molar-refractivity contribution is -0.121. The van der Waals surface area contributed by atoms with Crippen LogP contribution < -0.4 is 21.1 Å². The van der Waals surface area contributed by atoms with E-state index in [1.165, 1.54) is 0 Å². The molecule has 1 atom stereocenters. The number of carbonyl (C=O) groups excluding carboxylic acids is 2. The molecule has 130 valence electrons. The first-order valence-electron chi connectivity index (χ1n) is 8.23. The van der Waals surface area contributed by atoms with Crippen LogP contribution in [0.5, 0.6) is 11.5 Å². The van der Waals surface area contributed by atoms with E-state index in [0.717, 1.165) is 13.1 Å². The molecule has 0 bridgehead atoms. The number of rotatable bonds is 6. The Kier molecular flexibility index (Phi) is 5.00. The number of carbonyl (C=O) groups is 2. The number of anilines is 1. The topological polar surface area (TPSA) is 93.4 Å². The van der Waals surface area contributed by atoms with Crippen LogP contribution in [0.3, 0.4) is 0 Å². The molecule has 6 nitrogen and oxygen atoms in total. The largest absolute Gasteiger partial charge is 0.457 e. The van der Waals surface area contributed by atoms with Crippen molar-refractivity contribution in [1.29, 1.82) is 0 Å². The second-order valence-corrected chi connectivity index (χ2v) is 6.18. The van der Waals surface area contributed by atoms with Gasteiger partial charge in [-0.05, 0) is 55.4 Å². The van der Waals surface area contributed by atoms with Crippen LogP contribution in [-0.4, -0.2) is 24.9 Å². The van der Waals surface area contributed by atoms with Crippen LogP contribution in [0.1, 0.15) is 17.3 Å². The zero-order valence-electron chi connectivity index (χ0n) is 14.0. The van der Waals surface area contributed by atoms with E-state index in [9.17, 15) is 9.59 Å². The van der Waals surface area contributed by atoms with Gasteiger partial charge < -0.3 is 21.1 Å². The van der Waals surface area contributed by atoms with E-state index < -0.39 is 5.91 Å². The van der Waals surface area contributed by atoms with Crippen molar-refractivity contribution < 1.29 is 14.3 Å². The molecule has 2 aromatic rings. The van der Waals surface area contributed by atoms with Crippen molar-refractivity contribution in [2.45, 2.75) is 6.92 Å². The second-order valence-electron chi connectivity index (χ2n) is 6.18. The van der Waals surface area contributed by atoms with Crippen molar-refractivity contribution in [1.82, 2.24) is 5.32 Å². The molecule has 0 spiro atoms. The van der Waals surface area contributed by atoms with Crippen LogP contribution in [0.25, 0.3) is 0 Å². The number of hydrogen-bond acceptors (Lipinski definition) is 4. The molecule has 4 N–H and O–H groups in total. The predicted octanol–water partition coefficient (Wildman–Crippen LogP) is 2.37. The number of primary amides is 1. The average molecular weight is 339 g/mol. The van der Waals surface area contributed by atoms with Crippen molar-refractivity contribution in [3.63, 3.8) is 0 Å². The van der Waals surface area contributed by atoms with Gasteiger partial charge >= 0.3 is 0 Å². The number of amides is 2. The summed E-state index contributed by atoms with van der Waals surface area (Å²) in [6.07, 6.45) is 0. The summed E-state index contributed by atoms with van der Waals surface area (Å²) in [6.45, 7) is 3.72. The number of ether oxygens (including phenoxy) is 1. The van der Waals surface area contributed by atoms with Crippen LogP contribution in [-0.2, 0) is 4.79 Å². The van der Waals surface area contributed by atoms with Crippen molar-refractivity contribution in [2.75, 3.05) is 18.4 Å². The van der Waals surface area contributed by atoms with Gasteiger partial charge in [0.15, 0.2) is 0 Å². The first-order valence-corrected chi connectivity index (χ1v) is 8.23. The minimum atomic E-state index is -0.543. The fourth-order valence-corrected chi connectivity index (χ4v) is 2.63. The van der Waals surface area contributed by atoms with Gasteiger partial charge in [-0.3, -0.25) is 9.59 Å². The van der Waals surface area contributed by atoms with Gasteiger partial charge in [-0.25, -0.2) is 0 Å². The third-order valence-corrected chi connectivity index (χ3v) is 4.44. The SMILES string of the molecule is CC(C(=O)Nc1ccc(Oc2ccccc2C(N)=O)cc1)C1CNC1. The van der Waals surface area contributed by atoms with E-state index in [-0.39, 0.29) is 11.8 Å². The molecule has 25 heavy (non-hydrogen) atoms. The maximum atomic E-state index is 12.2. The third kappa shape index (κ3) is 3.97. The number of hydrogen-bond donors (Lipinski definition) is 3. The molecule has 0 aliphatic carbocycles. The number of benzene rings is 2. The Bertz CT molecular complexity index is 770. The smallest absolute Gasteiger partial charge is 0.252 e. The molecule has 1 aliphatic heterocycles.